The highest BCUT2D eigenvalue weighted by Gasteiger charge is 2.14. The number of aromatic carboxylic acids is 1. The van der Waals surface area contributed by atoms with Crippen LogP contribution in [0.25, 0.3) is 11.0 Å². The SMILES string of the molecule is CC(C)c1ccc2c(c1)nc(C(=O)O)n2C. The van der Waals surface area contributed by atoms with Crippen molar-refractivity contribution in [1.29, 1.82) is 0 Å². The fraction of sp³-hybridized carbons (Fsp3) is 0.333. The number of carboxylic acid groups (broad SMARTS) is 1. The fourth-order valence-corrected chi connectivity index (χ4v) is 1.77. The topological polar surface area (TPSA) is 55.1 Å². The fourth-order valence-electron chi connectivity index (χ4n) is 1.77. The van der Waals surface area contributed by atoms with Gasteiger partial charge in [0.05, 0.1) is 11.0 Å². The third kappa shape index (κ3) is 1.56. The second kappa shape index (κ2) is 3.63. The Balaban J connectivity index is 2.67. The molecule has 0 bridgehead atoms. The minimum atomic E-state index is -0.996. The first-order valence-electron chi connectivity index (χ1n) is 5.20. The first-order chi connectivity index (χ1) is 7.50. The lowest BCUT2D eigenvalue weighted by atomic mass is 10.0. The minimum absolute atomic E-state index is 0.0795. The van der Waals surface area contributed by atoms with Crippen LogP contribution in [-0.4, -0.2) is 20.6 Å². The van der Waals surface area contributed by atoms with Crippen LogP contribution in [0.1, 0.15) is 35.9 Å². The van der Waals surface area contributed by atoms with Gasteiger partial charge in [0, 0.05) is 7.05 Å². The van der Waals surface area contributed by atoms with Crippen LogP contribution in [0.5, 0.6) is 0 Å². The van der Waals surface area contributed by atoms with Gasteiger partial charge in [-0.05, 0) is 23.6 Å². The molecule has 0 saturated heterocycles. The Hall–Kier alpha value is -1.84. The quantitative estimate of drug-likeness (QED) is 0.842. The van der Waals surface area contributed by atoms with E-state index in [2.05, 4.69) is 18.8 Å². The van der Waals surface area contributed by atoms with E-state index in [4.69, 9.17) is 5.11 Å². The van der Waals surface area contributed by atoms with Crippen molar-refractivity contribution in [2.75, 3.05) is 0 Å². The molecule has 2 rings (SSSR count). The van der Waals surface area contributed by atoms with Crippen molar-refractivity contribution in [2.24, 2.45) is 7.05 Å². The summed E-state index contributed by atoms with van der Waals surface area (Å²) in [6, 6.07) is 5.89. The number of imidazole rings is 1. The number of carbonyl (C=O) groups is 1. The lowest BCUT2D eigenvalue weighted by molar-refractivity contribution is 0.0680. The van der Waals surface area contributed by atoms with Crippen molar-refractivity contribution in [3.8, 4) is 0 Å². The smallest absolute Gasteiger partial charge is 0.372 e. The molecule has 0 atom stereocenters. The van der Waals surface area contributed by atoms with Gasteiger partial charge in [-0.2, -0.15) is 0 Å². The van der Waals surface area contributed by atoms with Crippen molar-refractivity contribution in [1.82, 2.24) is 9.55 Å². The van der Waals surface area contributed by atoms with E-state index >= 15 is 0 Å². The minimum Gasteiger partial charge on any atom is -0.475 e. The molecule has 0 aliphatic heterocycles. The van der Waals surface area contributed by atoms with Gasteiger partial charge in [-0.15, -0.1) is 0 Å². The van der Waals surface area contributed by atoms with E-state index in [-0.39, 0.29) is 5.82 Å². The Morgan fingerprint density at radius 1 is 1.44 bits per heavy atom. The number of fused-ring (bicyclic) bond motifs is 1. The second-order valence-corrected chi connectivity index (χ2v) is 4.20. The molecular formula is C12H14N2O2. The van der Waals surface area contributed by atoms with Crippen LogP contribution in [0, 0.1) is 0 Å². The number of aromatic nitrogens is 2. The molecule has 16 heavy (non-hydrogen) atoms. The molecule has 0 saturated carbocycles. The van der Waals surface area contributed by atoms with Crippen molar-refractivity contribution < 1.29 is 9.90 Å². The molecule has 1 N–H and O–H groups in total. The first-order valence-corrected chi connectivity index (χ1v) is 5.20. The van der Waals surface area contributed by atoms with Crippen molar-refractivity contribution >= 4 is 17.0 Å². The van der Waals surface area contributed by atoms with Gasteiger partial charge < -0.3 is 9.67 Å². The molecule has 0 aliphatic carbocycles. The predicted molar refractivity (Wildman–Crippen MR) is 61.8 cm³/mol. The Bertz CT molecular complexity index is 555. The van der Waals surface area contributed by atoms with Crippen LogP contribution in [0.15, 0.2) is 18.2 Å². The van der Waals surface area contributed by atoms with Gasteiger partial charge in [0.1, 0.15) is 0 Å². The molecule has 0 unspecified atom stereocenters. The summed E-state index contributed by atoms with van der Waals surface area (Å²) in [6.07, 6.45) is 0. The highest BCUT2D eigenvalue weighted by Crippen LogP contribution is 2.21. The number of rotatable bonds is 2. The van der Waals surface area contributed by atoms with Gasteiger partial charge in [-0.3, -0.25) is 0 Å². The van der Waals surface area contributed by atoms with E-state index in [0.29, 0.717) is 5.92 Å². The van der Waals surface area contributed by atoms with E-state index in [1.54, 1.807) is 11.6 Å². The molecule has 0 aliphatic rings. The molecule has 4 nitrogen and oxygen atoms in total. The summed E-state index contributed by atoms with van der Waals surface area (Å²) in [6.45, 7) is 4.20. The van der Waals surface area contributed by atoms with E-state index in [1.807, 2.05) is 18.2 Å². The number of hydrogen-bond donors (Lipinski definition) is 1. The molecule has 1 heterocycles. The zero-order valence-corrected chi connectivity index (χ0v) is 9.56. The maximum Gasteiger partial charge on any atom is 0.372 e. The zero-order valence-electron chi connectivity index (χ0n) is 9.56. The summed E-state index contributed by atoms with van der Waals surface area (Å²) in [7, 11) is 1.72. The average Bonchev–Trinajstić information content (AvgIpc) is 2.55. The van der Waals surface area contributed by atoms with E-state index < -0.39 is 5.97 Å². The summed E-state index contributed by atoms with van der Waals surface area (Å²) in [5.74, 6) is -0.500. The summed E-state index contributed by atoms with van der Waals surface area (Å²) >= 11 is 0. The maximum absolute atomic E-state index is 10.9. The van der Waals surface area contributed by atoms with Gasteiger partial charge in [0.15, 0.2) is 0 Å². The highest BCUT2D eigenvalue weighted by molar-refractivity contribution is 5.89. The molecule has 0 fully saturated rings. The van der Waals surface area contributed by atoms with E-state index in [9.17, 15) is 4.79 Å². The van der Waals surface area contributed by atoms with Gasteiger partial charge >= 0.3 is 5.97 Å². The van der Waals surface area contributed by atoms with Gasteiger partial charge in [-0.1, -0.05) is 19.9 Å². The maximum atomic E-state index is 10.9. The molecule has 84 valence electrons. The first kappa shape index (κ1) is 10.7. The monoisotopic (exact) mass is 218 g/mol. The molecule has 0 spiro atoms. The van der Waals surface area contributed by atoms with Crippen LogP contribution < -0.4 is 0 Å². The van der Waals surface area contributed by atoms with E-state index in [0.717, 1.165) is 11.0 Å². The van der Waals surface area contributed by atoms with Gasteiger partial charge in [-0.25, -0.2) is 9.78 Å². The third-order valence-corrected chi connectivity index (χ3v) is 2.76. The molecule has 4 heteroatoms. The number of hydrogen-bond acceptors (Lipinski definition) is 2. The zero-order chi connectivity index (χ0) is 11.9. The summed E-state index contributed by atoms with van der Waals surface area (Å²) < 4.78 is 1.60. The van der Waals surface area contributed by atoms with Crippen LogP contribution in [0.3, 0.4) is 0 Å². The largest absolute Gasteiger partial charge is 0.475 e. The normalized spacial score (nSPS) is 11.2. The summed E-state index contributed by atoms with van der Waals surface area (Å²) in [5.41, 5.74) is 2.76. The van der Waals surface area contributed by atoms with Crippen LogP contribution >= 0.6 is 0 Å². The Labute approximate surface area is 93.5 Å². The third-order valence-electron chi connectivity index (χ3n) is 2.76. The Morgan fingerprint density at radius 2 is 2.12 bits per heavy atom. The van der Waals surface area contributed by atoms with Crippen molar-refractivity contribution in [2.45, 2.75) is 19.8 Å². The molecule has 0 radical (unpaired) electrons. The van der Waals surface area contributed by atoms with Gasteiger partial charge in [0.2, 0.25) is 5.82 Å². The Kier molecular flexibility index (Phi) is 2.42. The van der Waals surface area contributed by atoms with E-state index in [1.165, 1.54) is 5.56 Å². The number of nitrogens with zero attached hydrogens (tertiary/aromatic N) is 2. The molecular weight excluding hydrogens is 204 g/mol. The highest BCUT2D eigenvalue weighted by atomic mass is 16.4. The standard InChI is InChI=1S/C12H14N2O2/c1-7(2)8-4-5-10-9(6-8)13-11(12(15)16)14(10)3/h4-7H,1-3H3,(H,15,16). The predicted octanol–water partition coefficient (Wildman–Crippen LogP) is 2.39. The Morgan fingerprint density at radius 3 is 2.69 bits per heavy atom. The number of aryl methyl sites for hydroxylation is 1. The van der Waals surface area contributed by atoms with Gasteiger partial charge in [0.25, 0.3) is 0 Å². The molecule has 2 aromatic rings. The molecule has 1 aromatic heterocycles. The number of carboxylic acids is 1. The van der Waals surface area contributed by atoms with Crippen molar-refractivity contribution in [3.05, 3.63) is 29.6 Å². The average molecular weight is 218 g/mol. The second-order valence-electron chi connectivity index (χ2n) is 4.20. The number of benzene rings is 1. The summed E-state index contributed by atoms with van der Waals surface area (Å²) in [4.78, 5) is 15.0. The molecule has 0 amide bonds. The molecule has 1 aromatic carbocycles. The van der Waals surface area contributed by atoms with Crippen LogP contribution in [0.4, 0.5) is 0 Å². The van der Waals surface area contributed by atoms with Crippen LogP contribution in [-0.2, 0) is 7.05 Å². The lowest BCUT2D eigenvalue weighted by Crippen LogP contribution is -2.05. The lowest BCUT2D eigenvalue weighted by Gasteiger charge is -2.04. The van der Waals surface area contributed by atoms with Crippen molar-refractivity contribution in [3.63, 3.8) is 0 Å². The summed E-state index contributed by atoms with van der Waals surface area (Å²) in [5, 5.41) is 8.96. The van der Waals surface area contributed by atoms with Crippen LogP contribution in [0.2, 0.25) is 0 Å².